The van der Waals surface area contributed by atoms with Crippen LogP contribution in [0.3, 0.4) is 0 Å². The van der Waals surface area contributed by atoms with Gasteiger partial charge in [0.25, 0.3) is 0 Å². The second kappa shape index (κ2) is 5.50. The normalized spacial score (nSPS) is 39.1. The molecule has 5 heteroatoms. The van der Waals surface area contributed by atoms with E-state index in [2.05, 4.69) is 12.2 Å². The Morgan fingerprint density at radius 3 is 2.38 bits per heavy atom. The van der Waals surface area contributed by atoms with E-state index in [0.717, 1.165) is 25.9 Å². The van der Waals surface area contributed by atoms with E-state index in [4.69, 9.17) is 0 Å². The first-order valence-electron chi connectivity index (χ1n) is 8.31. The average molecular weight is 294 g/mol. The molecular formula is C16H26N2O3. The molecule has 1 heterocycles. The monoisotopic (exact) mass is 294 g/mol. The summed E-state index contributed by atoms with van der Waals surface area (Å²) in [5.74, 6) is 0.763. The van der Waals surface area contributed by atoms with Crippen LogP contribution in [0, 0.1) is 17.8 Å². The molecule has 1 aliphatic heterocycles. The third-order valence-electron chi connectivity index (χ3n) is 5.77. The summed E-state index contributed by atoms with van der Waals surface area (Å²) in [6.07, 6.45) is 6.75. The van der Waals surface area contributed by atoms with Gasteiger partial charge >= 0.3 is 12.0 Å². The molecule has 2 aliphatic carbocycles. The molecule has 3 rings (SSSR count). The molecule has 3 fully saturated rings. The maximum Gasteiger partial charge on any atom is 0.329 e. The van der Waals surface area contributed by atoms with Crippen LogP contribution in [0.4, 0.5) is 4.79 Å². The van der Waals surface area contributed by atoms with Crippen molar-refractivity contribution in [2.45, 2.75) is 57.4 Å². The fourth-order valence-electron chi connectivity index (χ4n) is 4.60. The van der Waals surface area contributed by atoms with Crippen molar-refractivity contribution in [2.75, 3.05) is 13.1 Å². The fourth-order valence-corrected chi connectivity index (χ4v) is 4.60. The van der Waals surface area contributed by atoms with Crippen LogP contribution in [0.5, 0.6) is 0 Å². The zero-order valence-electron chi connectivity index (χ0n) is 12.8. The molecule has 0 bridgehead atoms. The standard InChI is InChI=1S/C16H26N2O3/c1-11-4-3-7-16(8-11,14(19)20)17-15(21)18-9-12-5-2-6-13(12)10-18/h11-13H,2-10H2,1H3,(H,17,21)(H,19,20). The molecule has 5 nitrogen and oxygen atoms in total. The number of nitrogens with one attached hydrogen (secondary N) is 1. The summed E-state index contributed by atoms with van der Waals surface area (Å²) >= 11 is 0. The third-order valence-corrected chi connectivity index (χ3v) is 5.77. The van der Waals surface area contributed by atoms with Crippen LogP contribution in [-0.4, -0.2) is 40.6 Å². The lowest BCUT2D eigenvalue weighted by Crippen LogP contribution is -2.59. The highest BCUT2D eigenvalue weighted by molar-refractivity contribution is 5.86. The molecule has 0 aromatic rings. The molecule has 2 amide bonds. The smallest absolute Gasteiger partial charge is 0.329 e. The molecule has 2 saturated carbocycles. The van der Waals surface area contributed by atoms with E-state index in [1.807, 2.05) is 4.90 Å². The van der Waals surface area contributed by atoms with Crippen molar-refractivity contribution in [3.05, 3.63) is 0 Å². The number of hydrogen-bond donors (Lipinski definition) is 2. The fraction of sp³-hybridized carbons (Fsp3) is 0.875. The maximum atomic E-state index is 12.5. The van der Waals surface area contributed by atoms with Gasteiger partial charge < -0.3 is 15.3 Å². The number of carboxylic acid groups (broad SMARTS) is 1. The molecule has 0 aromatic heterocycles. The Labute approximate surface area is 126 Å². The zero-order valence-corrected chi connectivity index (χ0v) is 12.8. The highest BCUT2D eigenvalue weighted by Gasteiger charge is 2.45. The number of carboxylic acids is 1. The number of carbonyl (C=O) groups excluding carboxylic acids is 1. The zero-order chi connectivity index (χ0) is 15.0. The van der Waals surface area contributed by atoms with Gasteiger partial charge in [0.1, 0.15) is 5.54 Å². The van der Waals surface area contributed by atoms with Crippen molar-refractivity contribution in [1.82, 2.24) is 10.2 Å². The maximum absolute atomic E-state index is 12.5. The van der Waals surface area contributed by atoms with Gasteiger partial charge in [-0.25, -0.2) is 9.59 Å². The van der Waals surface area contributed by atoms with Crippen molar-refractivity contribution < 1.29 is 14.7 Å². The average Bonchev–Trinajstić information content (AvgIpc) is 2.98. The van der Waals surface area contributed by atoms with Crippen LogP contribution in [0.2, 0.25) is 0 Å². The van der Waals surface area contributed by atoms with E-state index in [-0.39, 0.29) is 6.03 Å². The van der Waals surface area contributed by atoms with Crippen LogP contribution < -0.4 is 5.32 Å². The van der Waals surface area contributed by atoms with Crippen molar-refractivity contribution in [1.29, 1.82) is 0 Å². The van der Waals surface area contributed by atoms with E-state index < -0.39 is 11.5 Å². The highest BCUT2D eigenvalue weighted by Crippen LogP contribution is 2.38. The van der Waals surface area contributed by atoms with Gasteiger partial charge in [0.15, 0.2) is 0 Å². The molecule has 4 unspecified atom stereocenters. The van der Waals surface area contributed by atoms with Gasteiger partial charge in [-0.1, -0.05) is 26.2 Å². The number of nitrogens with zero attached hydrogens (tertiary/aromatic N) is 1. The highest BCUT2D eigenvalue weighted by atomic mass is 16.4. The lowest BCUT2D eigenvalue weighted by atomic mass is 9.76. The van der Waals surface area contributed by atoms with Crippen molar-refractivity contribution in [3.63, 3.8) is 0 Å². The summed E-state index contributed by atoms with van der Waals surface area (Å²) in [4.78, 5) is 26.1. The second-order valence-electron chi connectivity index (χ2n) is 7.37. The largest absolute Gasteiger partial charge is 0.480 e. The summed E-state index contributed by atoms with van der Waals surface area (Å²) in [7, 11) is 0. The molecule has 3 aliphatic rings. The van der Waals surface area contributed by atoms with Crippen LogP contribution >= 0.6 is 0 Å². The molecular weight excluding hydrogens is 268 g/mol. The Kier molecular flexibility index (Phi) is 3.84. The number of carbonyl (C=O) groups is 2. The lowest BCUT2D eigenvalue weighted by molar-refractivity contribution is -0.146. The molecule has 0 aromatic carbocycles. The minimum absolute atomic E-state index is 0.166. The molecule has 0 radical (unpaired) electrons. The van der Waals surface area contributed by atoms with Crippen molar-refractivity contribution >= 4 is 12.0 Å². The Bertz CT molecular complexity index is 427. The van der Waals surface area contributed by atoms with Crippen molar-refractivity contribution in [2.24, 2.45) is 17.8 Å². The van der Waals surface area contributed by atoms with Gasteiger partial charge in [0.05, 0.1) is 0 Å². The Hall–Kier alpha value is -1.26. The summed E-state index contributed by atoms with van der Waals surface area (Å²) in [5, 5.41) is 12.5. The molecule has 2 N–H and O–H groups in total. The van der Waals surface area contributed by atoms with E-state index in [1.54, 1.807) is 0 Å². The van der Waals surface area contributed by atoms with E-state index in [9.17, 15) is 14.7 Å². The lowest BCUT2D eigenvalue weighted by Gasteiger charge is -2.38. The SMILES string of the molecule is CC1CCCC(NC(=O)N2CC3CCCC3C2)(C(=O)O)C1. The summed E-state index contributed by atoms with van der Waals surface area (Å²) < 4.78 is 0. The quantitative estimate of drug-likeness (QED) is 0.822. The van der Waals surface area contributed by atoms with Gasteiger partial charge in [-0.3, -0.25) is 0 Å². The van der Waals surface area contributed by atoms with Crippen LogP contribution in [0.25, 0.3) is 0 Å². The number of likely N-dealkylation sites (tertiary alicyclic amines) is 1. The summed E-state index contributed by atoms with van der Waals surface area (Å²) in [6, 6.07) is -0.166. The first-order chi connectivity index (χ1) is 10.00. The molecule has 118 valence electrons. The van der Waals surface area contributed by atoms with E-state index in [0.29, 0.717) is 30.6 Å². The van der Waals surface area contributed by atoms with Gasteiger partial charge in [0.2, 0.25) is 0 Å². The van der Waals surface area contributed by atoms with E-state index >= 15 is 0 Å². The number of aliphatic carboxylic acids is 1. The molecule has 0 spiro atoms. The van der Waals surface area contributed by atoms with Crippen LogP contribution in [0.1, 0.15) is 51.9 Å². The Morgan fingerprint density at radius 1 is 1.14 bits per heavy atom. The number of hydrogen-bond acceptors (Lipinski definition) is 2. The predicted octanol–water partition coefficient (Wildman–Crippen LogP) is 2.46. The van der Waals surface area contributed by atoms with Gasteiger partial charge in [0, 0.05) is 13.1 Å². The van der Waals surface area contributed by atoms with Crippen LogP contribution in [-0.2, 0) is 4.79 Å². The number of fused-ring (bicyclic) bond motifs is 1. The van der Waals surface area contributed by atoms with Gasteiger partial charge in [-0.2, -0.15) is 0 Å². The van der Waals surface area contributed by atoms with Crippen molar-refractivity contribution in [3.8, 4) is 0 Å². The topological polar surface area (TPSA) is 69.6 Å². The first-order valence-corrected chi connectivity index (χ1v) is 8.31. The van der Waals surface area contributed by atoms with Gasteiger partial charge in [-0.05, 0) is 43.4 Å². The first kappa shape index (κ1) is 14.7. The number of urea groups is 1. The predicted molar refractivity (Wildman–Crippen MR) is 78.9 cm³/mol. The third kappa shape index (κ3) is 2.74. The second-order valence-corrected chi connectivity index (χ2v) is 7.37. The van der Waals surface area contributed by atoms with Crippen LogP contribution in [0.15, 0.2) is 0 Å². The molecule has 4 atom stereocenters. The molecule has 21 heavy (non-hydrogen) atoms. The number of rotatable bonds is 2. The number of amides is 2. The molecule has 1 saturated heterocycles. The Morgan fingerprint density at radius 2 is 1.81 bits per heavy atom. The van der Waals surface area contributed by atoms with Gasteiger partial charge in [-0.15, -0.1) is 0 Å². The van der Waals surface area contributed by atoms with E-state index in [1.165, 1.54) is 19.3 Å². The Balaban J connectivity index is 1.66. The summed E-state index contributed by atoms with van der Waals surface area (Å²) in [6.45, 7) is 3.69. The summed E-state index contributed by atoms with van der Waals surface area (Å²) in [5.41, 5.74) is -1.05. The minimum Gasteiger partial charge on any atom is -0.480 e. The minimum atomic E-state index is -1.05.